The number of aromatic hydroxyl groups is 1. The largest absolute Gasteiger partial charge is 0.507 e. The second kappa shape index (κ2) is 5.86. The molecule has 0 aromatic heterocycles. The molecule has 0 aliphatic rings. The maximum Gasteiger partial charge on any atom is 0.339 e. The van der Waals surface area contributed by atoms with Crippen LogP contribution in [-0.4, -0.2) is 35.2 Å². The van der Waals surface area contributed by atoms with Crippen molar-refractivity contribution in [3.63, 3.8) is 0 Å². The molecule has 1 aromatic rings. The molecule has 0 atom stereocenters. The third kappa shape index (κ3) is 3.76. The molecule has 0 bridgehead atoms. The average Bonchev–Trinajstić information content (AvgIpc) is 2.28. The number of carbonyl (C=O) groups is 2. The van der Waals surface area contributed by atoms with Crippen LogP contribution in [0.2, 0.25) is 0 Å². The Kier molecular flexibility index (Phi) is 4.47. The zero-order chi connectivity index (χ0) is 12.8. The molecule has 0 saturated heterocycles. The number of anilines is 1. The minimum absolute atomic E-state index is 0.153. The van der Waals surface area contributed by atoms with Crippen molar-refractivity contribution in [1.82, 2.24) is 5.32 Å². The quantitative estimate of drug-likeness (QED) is 0.564. The van der Waals surface area contributed by atoms with Gasteiger partial charge in [0.15, 0.2) is 0 Å². The lowest BCUT2D eigenvalue weighted by Crippen LogP contribution is -2.27. The van der Waals surface area contributed by atoms with Crippen molar-refractivity contribution in [2.75, 3.05) is 18.4 Å². The number of amides is 1. The maximum absolute atomic E-state index is 11.4. The van der Waals surface area contributed by atoms with Gasteiger partial charge >= 0.3 is 5.97 Å². The van der Waals surface area contributed by atoms with Crippen LogP contribution >= 0.6 is 0 Å². The monoisotopic (exact) mass is 238 g/mol. The molecule has 6 heteroatoms. The molecule has 17 heavy (non-hydrogen) atoms. The third-order valence-corrected chi connectivity index (χ3v) is 2.05. The molecule has 0 heterocycles. The predicted octanol–water partition coefficient (Wildman–Crippen LogP) is 0.638. The van der Waals surface area contributed by atoms with Crippen molar-refractivity contribution in [2.45, 2.75) is 6.92 Å². The first-order chi connectivity index (χ1) is 8.04. The summed E-state index contributed by atoms with van der Waals surface area (Å²) in [4.78, 5) is 22.1. The Morgan fingerprint density at radius 3 is 2.65 bits per heavy atom. The summed E-state index contributed by atoms with van der Waals surface area (Å²) in [5.74, 6) is -1.85. The van der Waals surface area contributed by atoms with Gasteiger partial charge in [0.1, 0.15) is 11.3 Å². The summed E-state index contributed by atoms with van der Waals surface area (Å²) in [5.41, 5.74) is 0.0920. The summed E-state index contributed by atoms with van der Waals surface area (Å²) in [6.07, 6.45) is 0. The van der Waals surface area contributed by atoms with E-state index in [-0.39, 0.29) is 23.8 Å². The van der Waals surface area contributed by atoms with Gasteiger partial charge in [-0.15, -0.1) is 0 Å². The molecule has 1 amide bonds. The van der Waals surface area contributed by atoms with E-state index in [1.165, 1.54) is 18.2 Å². The molecule has 92 valence electrons. The number of aromatic carboxylic acids is 1. The Balaban J connectivity index is 2.75. The number of likely N-dealkylation sites (N-methyl/N-ethyl adjacent to an activating group) is 1. The highest BCUT2D eigenvalue weighted by atomic mass is 16.4. The van der Waals surface area contributed by atoms with Crippen LogP contribution in [0.5, 0.6) is 5.75 Å². The number of rotatable bonds is 5. The van der Waals surface area contributed by atoms with Gasteiger partial charge in [-0.1, -0.05) is 6.92 Å². The number of carbonyl (C=O) groups excluding carboxylic acids is 1. The summed E-state index contributed by atoms with van der Waals surface area (Å²) in [7, 11) is 0. The zero-order valence-corrected chi connectivity index (χ0v) is 9.36. The Morgan fingerprint density at radius 1 is 1.35 bits per heavy atom. The second-order valence-electron chi connectivity index (χ2n) is 3.37. The third-order valence-electron chi connectivity index (χ3n) is 2.05. The van der Waals surface area contributed by atoms with Crippen molar-refractivity contribution in [2.24, 2.45) is 0 Å². The first-order valence-electron chi connectivity index (χ1n) is 5.11. The van der Waals surface area contributed by atoms with Crippen LogP contribution in [0.3, 0.4) is 0 Å². The maximum atomic E-state index is 11.4. The lowest BCUT2D eigenvalue weighted by atomic mass is 10.2. The molecule has 0 fully saturated rings. The summed E-state index contributed by atoms with van der Waals surface area (Å²) in [5, 5.41) is 23.4. The molecular formula is C11H14N2O4. The van der Waals surface area contributed by atoms with Gasteiger partial charge in [0.05, 0.1) is 6.54 Å². The number of carboxylic acids is 1. The van der Waals surface area contributed by atoms with E-state index in [1.54, 1.807) is 0 Å². The van der Waals surface area contributed by atoms with E-state index in [9.17, 15) is 14.7 Å². The molecule has 0 unspecified atom stereocenters. The lowest BCUT2D eigenvalue weighted by molar-refractivity contribution is -0.115. The fourth-order valence-electron chi connectivity index (χ4n) is 1.23. The first-order valence-corrected chi connectivity index (χ1v) is 5.11. The lowest BCUT2D eigenvalue weighted by Gasteiger charge is -2.07. The van der Waals surface area contributed by atoms with Crippen LogP contribution in [0.15, 0.2) is 18.2 Å². The van der Waals surface area contributed by atoms with Crippen molar-refractivity contribution in [3.05, 3.63) is 23.8 Å². The summed E-state index contributed by atoms with van der Waals surface area (Å²) in [6.45, 7) is 2.69. The fourth-order valence-corrected chi connectivity index (χ4v) is 1.23. The van der Waals surface area contributed by atoms with Crippen LogP contribution in [0.1, 0.15) is 17.3 Å². The highest BCUT2D eigenvalue weighted by molar-refractivity contribution is 5.96. The van der Waals surface area contributed by atoms with Crippen molar-refractivity contribution < 1.29 is 19.8 Å². The zero-order valence-electron chi connectivity index (χ0n) is 9.36. The molecule has 0 radical (unpaired) electrons. The number of phenols is 1. The van der Waals surface area contributed by atoms with E-state index in [0.717, 1.165) is 0 Å². The summed E-state index contributed by atoms with van der Waals surface area (Å²) in [6, 6.07) is 3.87. The van der Waals surface area contributed by atoms with E-state index in [2.05, 4.69) is 10.6 Å². The van der Waals surface area contributed by atoms with E-state index in [0.29, 0.717) is 12.2 Å². The molecule has 0 aliphatic heterocycles. The highest BCUT2D eigenvalue weighted by Gasteiger charge is 2.11. The van der Waals surface area contributed by atoms with E-state index < -0.39 is 5.97 Å². The molecule has 0 aliphatic carbocycles. The normalized spacial score (nSPS) is 9.94. The first kappa shape index (κ1) is 13.0. The van der Waals surface area contributed by atoms with Crippen molar-refractivity contribution in [3.8, 4) is 5.75 Å². The number of hydrogen-bond donors (Lipinski definition) is 4. The van der Waals surface area contributed by atoms with Gasteiger partial charge in [-0.05, 0) is 24.7 Å². The van der Waals surface area contributed by atoms with Gasteiger partial charge in [0, 0.05) is 5.69 Å². The second-order valence-corrected chi connectivity index (χ2v) is 3.37. The molecule has 0 saturated carbocycles. The van der Waals surface area contributed by atoms with Gasteiger partial charge in [-0.3, -0.25) is 4.79 Å². The van der Waals surface area contributed by atoms with E-state index in [4.69, 9.17) is 5.11 Å². The average molecular weight is 238 g/mol. The van der Waals surface area contributed by atoms with E-state index in [1.807, 2.05) is 6.92 Å². The molecule has 6 nitrogen and oxygen atoms in total. The van der Waals surface area contributed by atoms with Crippen LogP contribution in [0, 0.1) is 0 Å². The Labute approximate surface area is 98.3 Å². The minimum Gasteiger partial charge on any atom is -0.507 e. The van der Waals surface area contributed by atoms with Crippen LogP contribution < -0.4 is 10.6 Å². The highest BCUT2D eigenvalue weighted by Crippen LogP contribution is 2.21. The molecule has 1 aromatic carbocycles. The Morgan fingerprint density at radius 2 is 2.06 bits per heavy atom. The standard InChI is InChI=1S/C11H14N2O4/c1-2-12-6-10(15)13-7-3-4-9(14)8(5-7)11(16)17/h3-5,12,14H,2,6H2,1H3,(H,13,15)(H,16,17). The van der Waals surface area contributed by atoms with Crippen molar-refractivity contribution in [1.29, 1.82) is 0 Å². The molecule has 0 spiro atoms. The fraction of sp³-hybridized carbons (Fsp3) is 0.273. The molecule has 1 rings (SSSR count). The van der Waals surface area contributed by atoms with E-state index >= 15 is 0 Å². The van der Waals surface area contributed by atoms with Crippen LogP contribution in [0.4, 0.5) is 5.69 Å². The van der Waals surface area contributed by atoms with Gasteiger partial charge < -0.3 is 20.8 Å². The van der Waals surface area contributed by atoms with Gasteiger partial charge in [0.2, 0.25) is 5.91 Å². The SMILES string of the molecule is CCNCC(=O)Nc1ccc(O)c(C(=O)O)c1. The van der Waals surface area contributed by atoms with Crippen molar-refractivity contribution >= 4 is 17.6 Å². The van der Waals surface area contributed by atoms with Crippen LogP contribution in [-0.2, 0) is 4.79 Å². The minimum atomic E-state index is -1.25. The Hall–Kier alpha value is -2.08. The topological polar surface area (TPSA) is 98.7 Å². The number of nitrogens with one attached hydrogen (secondary N) is 2. The number of carboxylic acid groups (broad SMARTS) is 1. The van der Waals surface area contributed by atoms with Gasteiger partial charge in [-0.2, -0.15) is 0 Å². The smallest absolute Gasteiger partial charge is 0.339 e. The number of benzene rings is 1. The molecule has 4 N–H and O–H groups in total. The van der Waals surface area contributed by atoms with Gasteiger partial charge in [0.25, 0.3) is 0 Å². The van der Waals surface area contributed by atoms with Crippen LogP contribution in [0.25, 0.3) is 0 Å². The number of hydrogen-bond acceptors (Lipinski definition) is 4. The van der Waals surface area contributed by atoms with Gasteiger partial charge in [-0.25, -0.2) is 4.79 Å². The Bertz CT molecular complexity index is 431. The summed E-state index contributed by atoms with van der Waals surface area (Å²) >= 11 is 0. The summed E-state index contributed by atoms with van der Waals surface area (Å²) < 4.78 is 0. The predicted molar refractivity (Wildman–Crippen MR) is 62.2 cm³/mol. The molecular weight excluding hydrogens is 224 g/mol.